The Labute approximate surface area is 125 Å². The van der Waals surface area contributed by atoms with E-state index in [2.05, 4.69) is 11.6 Å². The highest BCUT2D eigenvalue weighted by atomic mass is 32.2. The van der Waals surface area contributed by atoms with Crippen LogP contribution in [0.15, 0.2) is 23.1 Å². The highest BCUT2D eigenvalue weighted by molar-refractivity contribution is 7.89. The van der Waals surface area contributed by atoms with Crippen LogP contribution in [0, 0.1) is 11.7 Å². The second-order valence-corrected chi connectivity index (χ2v) is 7.23. The second kappa shape index (κ2) is 6.75. The van der Waals surface area contributed by atoms with E-state index in [-0.39, 0.29) is 23.3 Å². The Hall–Kier alpha value is -1.14. The summed E-state index contributed by atoms with van der Waals surface area (Å²) < 4.78 is 46.2. The Morgan fingerprint density at radius 1 is 1.33 bits per heavy atom. The van der Waals surface area contributed by atoms with Crippen molar-refractivity contribution < 1.29 is 17.5 Å². The molecule has 0 heterocycles. The van der Waals surface area contributed by atoms with E-state index in [9.17, 15) is 12.8 Å². The van der Waals surface area contributed by atoms with Gasteiger partial charge in [-0.05, 0) is 37.8 Å². The third-order valence-electron chi connectivity index (χ3n) is 3.93. The van der Waals surface area contributed by atoms with E-state index in [1.807, 2.05) is 0 Å². The molecule has 1 aromatic carbocycles. The number of ether oxygens (including phenoxy) is 1. The van der Waals surface area contributed by atoms with Crippen LogP contribution in [0.3, 0.4) is 0 Å². The first-order chi connectivity index (χ1) is 9.94. The van der Waals surface area contributed by atoms with Crippen LogP contribution in [-0.4, -0.2) is 21.1 Å². The molecule has 0 aliphatic heterocycles. The van der Waals surface area contributed by atoms with E-state index in [0.717, 1.165) is 31.7 Å². The van der Waals surface area contributed by atoms with Gasteiger partial charge >= 0.3 is 0 Å². The van der Waals surface area contributed by atoms with Gasteiger partial charge in [-0.2, -0.15) is 0 Å². The van der Waals surface area contributed by atoms with E-state index in [0.29, 0.717) is 5.92 Å². The Morgan fingerprint density at radius 3 is 2.71 bits per heavy atom. The van der Waals surface area contributed by atoms with Crippen molar-refractivity contribution in [3.05, 3.63) is 24.0 Å². The number of rotatable bonds is 5. The molecule has 0 saturated heterocycles. The van der Waals surface area contributed by atoms with Crippen LogP contribution in [0.5, 0.6) is 5.75 Å². The van der Waals surface area contributed by atoms with Crippen LogP contribution >= 0.6 is 0 Å². The second-order valence-electron chi connectivity index (χ2n) is 5.51. The lowest BCUT2D eigenvalue weighted by atomic mass is 9.87. The molecule has 1 saturated carbocycles. The standard InChI is InChI=1S/C15H22FNO3S/c1-3-20-15-10-12(8-9-13(15)16)21(18,19)17-14-7-5-4-6-11(14)2/h8-11,14,17H,3-7H2,1-2H3/t11-,14+/m1/s1. The van der Waals surface area contributed by atoms with Gasteiger partial charge < -0.3 is 4.74 Å². The summed E-state index contributed by atoms with van der Waals surface area (Å²) in [5, 5.41) is 0. The number of sulfonamides is 1. The predicted molar refractivity (Wildman–Crippen MR) is 79.3 cm³/mol. The minimum atomic E-state index is -3.65. The number of benzene rings is 1. The van der Waals surface area contributed by atoms with Crippen molar-refractivity contribution in [3.8, 4) is 5.75 Å². The first-order valence-electron chi connectivity index (χ1n) is 7.38. The van der Waals surface area contributed by atoms with Crippen molar-refractivity contribution in [2.75, 3.05) is 6.61 Å². The summed E-state index contributed by atoms with van der Waals surface area (Å²) in [5.74, 6) is -0.265. The van der Waals surface area contributed by atoms with Crippen LogP contribution in [0.1, 0.15) is 39.5 Å². The van der Waals surface area contributed by atoms with Gasteiger partial charge in [-0.1, -0.05) is 19.8 Å². The Bertz CT molecular complexity index is 589. The van der Waals surface area contributed by atoms with E-state index in [1.54, 1.807) is 6.92 Å². The summed E-state index contributed by atoms with van der Waals surface area (Å²) in [6, 6.07) is 3.59. The normalized spacial score (nSPS) is 23.0. The fraction of sp³-hybridized carbons (Fsp3) is 0.600. The third kappa shape index (κ3) is 3.95. The molecule has 1 N–H and O–H groups in total. The van der Waals surface area contributed by atoms with Crippen LogP contribution < -0.4 is 9.46 Å². The van der Waals surface area contributed by atoms with Crippen molar-refractivity contribution in [1.82, 2.24) is 4.72 Å². The van der Waals surface area contributed by atoms with Gasteiger partial charge in [-0.25, -0.2) is 17.5 Å². The quantitative estimate of drug-likeness (QED) is 0.908. The number of nitrogens with one attached hydrogen (secondary N) is 1. The number of hydrogen-bond acceptors (Lipinski definition) is 3. The van der Waals surface area contributed by atoms with E-state index < -0.39 is 15.8 Å². The van der Waals surface area contributed by atoms with Crippen LogP contribution in [-0.2, 0) is 10.0 Å². The molecule has 6 heteroatoms. The summed E-state index contributed by atoms with van der Waals surface area (Å²) in [6.07, 6.45) is 4.05. The highest BCUT2D eigenvalue weighted by Gasteiger charge is 2.27. The summed E-state index contributed by atoms with van der Waals surface area (Å²) in [4.78, 5) is 0.0464. The molecule has 0 amide bonds. The summed E-state index contributed by atoms with van der Waals surface area (Å²) in [6.45, 7) is 4.07. The maximum atomic E-state index is 13.5. The molecule has 4 nitrogen and oxygen atoms in total. The van der Waals surface area contributed by atoms with E-state index >= 15 is 0 Å². The molecule has 1 fully saturated rings. The Morgan fingerprint density at radius 2 is 2.05 bits per heavy atom. The molecular formula is C15H22FNO3S. The maximum absolute atomic E-state index is 13.5. The fourth-order valence-corrected chi connectivity index (χ4v) is 4.07. The predicted octanol–water partition coefficient (Wildman–Crippen LogP) is 3.08. The Kier molecular flexibility index (Phi) is 5.22. The summed E-state index contributed by atoms with van der Waals surface area (Å²) >= 11 is 0. The molecule has 2 atom stereocenters. The van der Waals surface area contributed by atoms with Gasteiger partial charge in [0.1, 0.15) is 0 Å². The zero-order chi connectivity index (χ0) is 15.5. The fourth-order valence-electron chi connectivity index (χ4n) is 2.68. The lowest BCUT2D eigenvalue weighted by molar-refractivity contribution is 0.310. The number of hydrogen-bond donors (Lipinski definition) is 1. The SMILES string of the molecule is CCOc1cc(S(=O)(=O)N[C@H]2CCCC[C@H]2C)ccc1F. The molecule has 0 unspecified atom stereocenters. The molecular weight excluding hydrogens is 293 g/mol. The van der Waals surface area contributed by atoms with E-state index in [4.69, 9.17) is 4.74 Å². The molecule has 21 heavy (non-hydrogen) atoms. The first-order valence-corrected chi connectivity index (χ1v) is 8.87. The zero-order valence-electron chi connectivity index (χ0n) is 12.4. The Balaban J connectivity index is 2.20. The smallest absolute Gasteiger partial charge is 0.240 e. The molecule has 0 radical (unpaired) electrons. The molecule has 2 rings (SSSR count). The molecule has 0 bridgehead atoms. The van der Waals surface area contributed by atoms with Gasteiger partial charge in [-0.15, -0.1) is 0 Å². The summed E-state index contributed by atoms with van der Waals surface area (Å²) in [5.41, 5.74) is 0. The van der Waals surface area contributed by atoms with Crippen LogP contribution in [0.4, 0.5) is 4.39 Å². The molecule has 1 aliphatic rings. The third-order valence-corrected chi connectivity index (χ3v) is 5.42. The lowest BCUT2D eigenvalue weighted by Crippen LogP contribution is -2.40. The van der Waals surface area contributed by atoms with Gasteiger partial charge in [0.2, 0.25) is 10.0 Å². The first kappa shape index (κ1) is 16.2. The largest absolute Gasteiger partial charge is 0.491 e. The molecule has 1 aliphatic carbocycles. The lowest BCUT2D eigenvalue weighted by Gasteiger charge is -2.29. The topological polar surface area (TPSA) is 55.4 Å². The molecule has 0 spiro atoms. The summed E-state index contributed by atoms with van der Waals surface area (Å²) in [7, 11) is -3.65. The average Bonchev–Trinajstić information content (AvgIpc) is 2.44. The van der Waals surface area contributed by atoms with Gasteiger partial charge in [0.15, 0.2) is 11.6 Å². The van der Waals surface area contributed by atoms with Crippen molar-refractivity contribution in [2.24, 2.45) is 5.92 Å². The molecule has 0 aromatic heterocycles. The van der Waals surface area contributed by atoms with Gasteiger partial charge in [0.25, 0.3) is 0 Å². The molecule has 1 aromatic rings. The zero-order valence-corrected chi connectivity index (χ0v) is 13.2. The van der Waals surface area contributed by atoms with Crippen molar-refractivity contribution in [2.45, 2.75) is 50.5 Å². The minimum absolute atomic E-state index is 0.0305. The average molecular weight is 315 g/mol. The van der Waals surface area contributed by atoms with Gasteiger partial charge in [0, 0.05) is 12.1 Å². The van der Waals surface area contributed by atoms with Crippen molar-refractivity contribution in [1.29, 1.82) is 0 Å². The minimum Gasteiger partial charge on any atom is -0.491 e. The monoisotopic (exact) mass is 315 g/mol. The van der Waals surface area contributed by atoms with Gasteiger partial charge in [-0.3, -0.25) is 0 Å². The van der Waals surface area contributed by atoms with E-state index in [1.165, 1.54) is 12.1 Å². The van der Waals surface area contributed by atoms with Gasteiger partial charge in [0.05, 0.1) is 11.5 Å². The maximum Gasteiger partial charge on any atom is 0.240 e. The van der Waals surface area contributed by atoms with Crippen molar-refractivity contribution in [3.63, 3.8) is 0 Å². The molecule has 118 valence electrons. The highest BCUT2D eigenvalue weighted by Crippen LogP contribution is 2.27. The van der Waals surface area contributed by atoms with Crippen LogP contribution in [0.2, 0.25) is 0 Å². The number of halogens is 1. The van der Waals surface area contributed by atoms with Crippen molar-refractivity contribution >= 4 is 10.0 Å². The van der Waals surface area contributed by atoms with Crippen LogP contribution in [0.25, 0.3) is 0 Å².